The Morgan fingerprint density at radius 1 is 1.42 bits per heavy atom. The summed E-state index contributed by atoms with van der Waals surface area (Å²) in [6, 6.07) is 6.75. The molecule has 0 saturated heterocycles. The van der Waals surface area contributed by atoms with E-state index in [1.165, 1.54) is 17.6 Å². The van der Waals surface area contributed by atoms with E-state index in [1.54, 1.807) is 31.2 Å². The van der Waals surface area contributed by atoms with E-state index in [4.69, 9.17) is 0 Å². The summed E-state index contributed by atoms with van der Waals surface area (Å²) in [4.78, 5) is 16.6. The monoisotopic (exact) mass is 275 g/mol. The van der Waals surface area contributed by atoms with Crippen LogP contribution in [-0.4, -0.2) is 22.2 Å². The molecular formula is C13H13N3O2S. The van der Waals surface area contributed by atoms with Crippen LogP contribution in [-0.2, 0) is 0 Å². The Morgan fingerprint density at radius 2 is 2.16 bits per heavy atom. The summed E-state index contributed by atoms with van der Waals surface area (Å²) in [6.45, 7) is 3.63. The lowest BCUT2D eigenvalue weighted by Gasteiger charge is -1.98. The van der Waals surface area contributed by atoms with Gasteiger partial charge in [-0.3, -0.25) is 4.79 Å². The minimum absolute atomic E-state index is 0.116. The normalized spacial score (nSPS) is 10.8. The number of para-hydroxylation sites is 1. The summed E-state index contributed by atoms with van der Waals surface area (Å²) >= 11 is 1.33. The van der Waals surface area contributed by atoms with Crippen molar-refractivity contribution in [3.63, 3.8) is 0 Å². The van der Waals surface area contributed by atoms with Crippen LogP contribution in [0.3, 0.4) is 0 Å². The SMILES string of the molecule is Cc1nc(C)c(C(=O)N/N=C/c2ccccc2O)s1. The minimum Gasteiger partial charge on any atom is -0.507 e. The van der Waals surface area contributed by atoms with Crippen molar-refractivity contribution < 1.29 is 9.90 Å². The molecule has 1 aromatic carbocycles. The molecule has 6 heteroatoms. The zero-order chi connectivity index (χ0) is 13.8. The maximum atomic E-state index is 11.8. The van der Waals surface area contributed by atoms with Gasteiger partial charge in [0.1, 0.15) is 10.6 Å². The molecule has 2 aromatic rings. The van der Waals surface area contributed by atoms with E-state index in [0.717, 1.165) is 5.01 Å². The van der Waals surface area contributed by atoms with Gasteiger partial charge in [0, 0.05) is 5.56 Å². The Bertz CT molecular complexity index is 635. The largest absolute Gasteiger partial charge is 0.507 e. The molecule has 0 saturated carbocycles. The zero-order valence-electron chi connectivity index (χ0n) is 10.5. The molecule has 0 aliphatic rings. The first kappa shape index (κ1) is 13.2. The van der Waals surface area contributed by atoms with E-state index in [-0.39, 0.29) is 11.7 Å². The Balaban J connectivity index is 2.05. The van der Waals surface area contributed by atoms with Crippen molar-refractivity contribution in [1.29, 1.82) is 0 Å². The Hall–Kier alpha value is -2.21. The van der Waals surface area contributed by atoms with Crippen molar-refractivity contribution in [1.82, 2.24) is 10.4 Å². The number of carbonyl (C=O) groups excluding carboxylic acids is 1. The van der Waals surface area contributed by atoms with Gasteiger partial charge in [0.05, 0.1) is 16.9 Å². The van der Waals surface area contributed by atoms with Crippen LogP contribution in [0, 0.1) is 13.8 Å². The molecule has 0 radical (unpaired) electrons. The number of carbonyl (C=O) groups is 1. The van der Waals surface area contributed by atoms with Crippen molar-refractivity contribution >= 4 is 23.5 Å². The van der Waals surface area contributed by atoms with Crippen molar-refractivity contribution in [2.45, 2.75) is 13.8 Å². The van der Waals surface area contributed by atoms with Crippen LogP contribution in [0.5, 0.6) is 5.75 Å². The number of nitrogens with zero attached hydrogens (tertiary/aromatic N) is 2. The molecule has 2 N–H and O–H groups in total. The first-order valence-corrected chi connectivity index (χ1v) is 6.45. The second kappa shape index (κ2) is 5.62. The second-order valence-corrected chi connectivity index (χ2v) is 5.11. The number of hydrazone groups is 1. The smallest absolute Gasteiger partial charge is 0.283 e. The molecule has 5 nitrogen and oxygen atoms in total. The van der Waals surface area contributed by atoms with Crippen LogP contribution in [0.4, 0.5) is 0 Å². The first-order valence-electron chi connectivity index (χ1n) is 5.63. The van der Waals surface area contributed by atoms with Crippen LogP contribution in [0.2, 0.25) is 0 Å². The molecular weight excluding hydrogens is 262 g/mol. The van der Waals surface area contributed by atoms with Crippen molar-refractivity contribution in [2.24, 2.45) is 5.10 Å². The lowest BCUT2D eigenvalue weighted by molar-refractivity contribution is 0.0958. The number of phenols is 1. The fourth-order valence-corrected chi connectivity index (χ4v) is 2.36. The van der Waals surface area contributed by atoms with Crippen LogP contribution < -0.4 is 5.43 Å². The van der Waals surface area contributed by atoms with Crippen molar-refractivity contribution in [3.8, 4) is 5.75 Å². The zero-order valence-corrected chi connectivity index (χ0v) is 11.4. The molecule has 1 aromatic heterocycles. The maximum absolute atomic E-state index is 11.8. The molecule has 0 bridgehead atoms. The number of benzene rings is 1. The summed E-state index contributed by atoms with van der Waals surface area (Å²) in [5.41, 5.74) is 3.65. The first-order chi connectivity index (χ1) is 9.08. The highest BCUT2D eigenvalue weighted by molar-refractivity contribution is 7.13. The third-order valence-corrected chi connectivity index (χ3v) is 3.49. The van der Waals surface area contributed by atoms with Gasteiger partial charge < -0.3 is 5.11 Å². The predicted octanol–water partition coefficient (Wildman–Crippen LogP) is 2.23. The molecule has 1 amide bonds. The maximum Gasteiger partial charge on any atom is 0.283 e. The number of amides is 1. The van der Waals surface area contributed by atoms with Gasteiger partial charge in [-0.15, -0.1) is 11.3 Å². The number of nitrogens with one attached hydrogen (secondary N) is 1. The topological polar surface area (TPSA) is 74.6 Å². The number of thiazole rings is 1. The van der Waals surface area contributed by atoms with Crippen molar-refractivity contribution in [3.05, 3.63) is 45.4 Å². The quantitative estimate of drug-likeness (QED) is 0.666. The lowest BCUT2D eigenvalue weighted by atomic mass is 10.2. The summed E-state index contributed by atoms with van der Waals surface area (Å²) in [5, 5.41) is 14.2. The highest BCUT2D eigenvalue weighted by atomic mass is 32.1. The molecule has 0 unspecified atom stereocenters. The summed E-state index contributed by atoms with van der Waals surface area (Å²) in [7, 11) is 0. The standard InChI is InChI=1S/C13H13N3O2S/c1-8-12(19-9(2)15-8)13(18)16-14-7-10-5-3-4-6-11(10)17/h3-7,17H,1-2H3,(H,16,18)/b14-7+. The average Bonchev–Trinajstić information content (AvgIpc) is 2.71. The number of rotatable bonds is 3. The van der Waals surface area contributed by atoms with Gasteiger partial charge in [0.2, 0.25) is 0 Å². The molecule has 0 fully saturated rings. The second-order valence-electron chi connectivity index (χ2n) is 3.91. The number of hydrogen-bond acceptors (Lipinski definition) is 5. The van der Waals surface area contributed by atoms with Crippen LogP contribution >= 0.6 is 11.3 Å². The van der Waals surface area contributed by atoms with Crippen LogP contribution in [0.15, 0.2) is 29.4 Å². The van der Waals surface area contributed by atoms with Crippen LogP contribution in [0.25, 0.3) is 0 Å². The molecule has 0 atom stereocenters. The minimum atomic E-state index is -0.297. The number of hydrogen-bond donors (Lipinski definition) is 2. The molecule has 1 heterocycles. The number of phenolic OH excluding ortho intramolecular Hbond substituents is 1. The Morgan fingerprint density at radius 3 is 2.79 bits per heavy atom. The van der Waals surface area contributed by atoms with E-state index in [2.05, 4.69) is 15.5 Å². The van der Waals surface area contributed by atoms with E-state index < -0.39 is 0 Å². The van der Waals surface area contributed by atoms with E-state index in [1.807, 2.05) is 6.92 Å². The van der Waals surface area contributed by atoms with Crippen LogP contribution in [0.1, 0.15) is 25.9 Å². The number of aromatic nitrogens is 1. The Labute approximate surface area is 114 Å². The van der Waals surface area contributed by atoms with Gasteiger partial charge in [-0.05, 0) is 26.0 Å². The van der Waals surface area contributed by atoms with E-state index in [0.29, 0.717) is 16.1 Å². The number of aromatic hydroxyl groups is 1. The van der Waals surface area contributed by atoms with E-state index >= 15 is 0 Å². The summed E-state index contributed by atoms with van der Waals surface area (Å²) in [5.74, 6) is -0.180. The number of aryl methyl sites for hydroxylation is 2. The highest BCUT2D eigenvalue weighted by Crippen LogP contribution is 2.16. The fraction of sp³-hybridized carbons (Fsp3) is 0.154. The van der Waals surface area contributed by atoms with Gasteiger partial charge in [-0.25, -0.2) is 10.4 Å². The molecule has 19 heavy (non-hydrogen) atoms. The predicted molar refractivity (Wildman–Crippen MR) is 74.8 cm³/mol. The molecule has 0 aliphatic heterocycles. The Kier molecular flexibility index (Phi) is 3.91. The van der Waals surface area contributed by atoms with Gasteiger partial charge in [-0.2, -0.15) is 5.10 Å². The fourth-order valence-electron chi connectivity index (χ4n) is 1.55. The highest BCUT2D eigenvalue weighted by Gasteiger charge is 2.12. The average molecular weight is 275 g/mol. The van der Waals surface area contributed by atoms with Gasteiger partial charge in [-0.1, -0.05) is 12.1 Å². The third kappa shape index (κ3) is 3.17. The van der Waals surface area contributed by atoms with Crippen molar-refractivity contribution in [2.75, 3.05) is 0 Å². The summed E-state index contributed by atoms with van der Waals surface area (Å²) in [6.07, 6.45) is 1.40. The molecule has 0 aliphatic carbocycles. The molecule has 0 spiro atoms. The molecule has 2 rings (SSSR count). The van der Waals surface area contributed by atoms with Gasteiger partial charge in [0.25, 0.3) is 5.91 Å². The lowest BCUT2D eigenvalue weighted by Crippen LogP contribution is -2.17. The third-order valence-electron chi connectivity index (χ3n) is 2.42. The van der Waals surface area contributed by atoms with Gasteiger partial charge >= 0.3 is 0 Å². The van der Waals surface area contributed by atoms with E-state index in [9.17, 15) is 9.90 Å². The van der Waals surface area contributed by atoms with Gasteiger partial charge in [0.15, 0.2) is 0 Å². The molecule has 98 valence electrons. The summed E-state index contributed by atoms with van der Waals surface area (Å²) < 4.78 is 0.